The Hall–Kier alpha value is -2.33. The second-order valence-corrected chi connectivity index (χ2v) is 7.61. The van der Waals surface area contributed by atoms with Crippen LogP contribution in [0.25, 0.3) is 0 Å². The van der Waals surface area contributed by atoms with Crippen LogP contribution >= 0.6 is 0 Å². The molecule has 1 aromatic rings. The maximum absolute atomic E-state index is 13.0. The number of rotatable bonds is 3. The number of alkyl halides is 3. The number of likely N-dealkylation sites (N-methyl/N-ethyl adjacent to an activating group) is 1. The molecular weight excluding hydrogens is 403 g/mol. The molecule has 7 nitrogen and oxygen atoms in total. The van der Waals surface area contributed by atoms with E-state index in [2.05, 4.69) is 10.6 Å². The zero-order valence-electron chi connectivity index (χ0n) is 17.5. The molecule has 2 amide bonds. The van der Waals surface area contributed by atoms with Crippen LogP contribution in [0.4, 0.5) is 18.9 Å². The summed E-state index contributed by atoms with van der Waals surface area (Å²) in [7, 11) is 3.24. The van der Waals surface area contributed by atoms with Crippen molar-refractivity contribution in [3.8, 4) is 5.75 Å². The van der Waals surface area contributed by atoms with Crippen molar-refractivity contribution in [1.82, 2.24) is 10.2 Å². The largest absolute Gasteiger partial charge is 0.491 e. The number of benzene rings is 1. The Kier molecular flexibility index (Phi) is 8.08. The van der Waals surface area contributed by atoms with Gasteiger partial charge in [0.25, 0.3) is 5.91 Å². The van der Waals surface area contributed by atoms with Crippen molar-refractivity contribution in [2.45, 2.75) is 38.6 Å². The van der Waals surface area contributed by atoms with Crippen LogP contribution in [0.5, 0.6) is 5.75 Å². The molecule has 0 aromatic heterocycles. The van der Waals surface area contributed by atoms with Crippen molar-refractivity contribution in [3.05, 3.63) is 23.8 Å². The number of hydrogen-bond donors (Lipinski definition) is 2. The van der Waals surface area contributed by atoms with Crippen LogP contribution in [0, 0.1) is 5.92 Å². The molecule has 168 valence electrons. The standard InChI is InChI=1S/C20H28F3N3O4/c1-12-9-24-13(2)11-30-16-7-14(25-18(27)8-20(21,22)23)5-6-15(16)19(28)26(3)10-17(12)29-4/h5-7,12-13,17,24H,8-11H2,1-4H3,(H,25,27)/t12-,13-,17-/m1/s1. The molecule has 0 fully saturated rings. The Balaban J connectivity index is 2.29. The molecule has 0 saturated carbocycles. The highest BCUT2D eigenvalue weighted by molar-refractivity contribution is 5.98. The molecular formula is C20H28F3N3O4. The summed E-state index contributed by atoms with van der Waals surface area (Å²) in [6, 6.07) is 4.14. The van der Waals surface area contributed by atoms with Crippen molar-refractivity contribution in [2.24, 2.45) is 5.92 Å². The summed E-state index contributed by atoms with van der Waals surface area (Å²) in [5.41, 5.74) is 0.371. The fourth-order valence-electron chi connectivity index (χ4n) is 3.12. The lowest BCUT2D eigenvalue weighted by Crippen LogP contribution is -2.44. The van der Waals surface area contributed by atoms with Gasteiger partial charge in [-0.15, -0.1) is 0 Å². The molecule has 10 heteroatoms. The Morgan fingerprint density at radius 2 is 2.07 bits per heavy atom. The van der Waals surface area contributed by atoms with Crippen molar-refractivity contribution in [2.75, 3.05) is 39.2 Å². The van der Waals surface area contributed by atoms with Crippen molar-refractivity contribution in [1.29, 1.82) is 0 Å². The number of halogens is 3. The van der Waals surface area contributed by atoms with Crippen molar-refractivity contribution < 1.29 is 32.2 Å². The normalized spacial score (nSPS) is 23.6. The lowest BCUT2D eigenvalue weighted by Gasteiger charge is -2.30. The molecule has 0 bridgehead atoms. The van der Waals surface area contributed by atoms with Gasteiger partial charge in [0.2, 0.25) is 5.91 Å². The van der Waals surface area contributed by atoms with Gasteiger partial charge in [-0.3, -0.25) is 9.59 Å². The van der Waals surface area contributed by atoms with Crippen LogP contribution in [0.2, 0.25) is 0 Å². The number of fused-ring (bicyclic) bond motifs is 1. The minimum Gasteiger partial charge on any atom is -0.491 e. The number of amides is 2. The Morgan fingerprint density at radius 3 is 2.70 bits per heavy atom. The van der Waals surface area contributed by atoms with E-state index in [0.717, 1.165) is 0 Å². The fourth-order valence-corrected chi connectivity index (χ4v) is 3.12. The molecule has 0 saturated heterocycles. The average molecular weight is 431 g/mol. The van der Waals surface area contributed by atoms with E-state index in [1.165, 1.54) is 23.1 Å². The number of hydrogen-bond acceptors (Lipinski definition) is 5. The second kappa shape index (κ2) is 10.1. The van der Waals surface area contributed by atoms with Gasteiger partial charge in [-0.05, 0) is 25.0 Å². The minimum absolute atomic E-state index is 0.0476. The predicted octanol–water partition coefficient (Wildman–Crippen LogP) is 2.67. The van der Waals surface area contributed by atoms with Gasteiger partial charge in [0.15, 0.2) is 0 Å². The molecule has 2 rings (SSSR count). The SMILES string of the molecule is CO[C@@H]1CN(C)C(=O)c2ccc(NC(=O)CC(F)(F)F)cc2OC[C@@H](C)NC[C@H]1C. The second-order valence-electron chi connectivity index (χ2n) is 7.61. The number of nitrogens with zero attached hydrogens (tertiary/aromatic N) is 1. The van der Waals surface area contributed by atoms with Gasteiger partial charge < -0.3 is 25.0 Å². The van der Waals surface area contributed by atoms with Gasteiger partial charge in [-0.2, -0.15) is 13.2 Å². The molecule has 2 N–H and O–H groups in total. The molecule has 1 heterocycles. The Labute approximate surface area is 173 Å². The zero-order chi connectivity index (χ0) is 22.5. The monoisotopic (exact) mass is 431 g/mol. The molecule has 3 atom stereocenters. The van der Waals surface area contributed by atoms with Crippen LogP contribution < -0.4 is 15.4 Å². The van der Waals surface area contributed by atoms with Gasteiger partial charge in [-0.25, -0.2) is 0 Å². The maximum atomic E-state index is 13.0. The number of nitrogens with one attached hydrogen (secondary N) is 2. The molecule has 1 aliphatic heterocycles. The topological polar surface area (TPSA) is 79.9 Å². The molecule has 1 aliphatic rings. The first-order valence-electron chi connectivity index (χ1n) is 9.65. The van der Waals surface area contributed by atoms with Crippen LogP contribution in [0.1, 0.15) is 30.6 Å². The number of anilines is 1. The van der Waals surface area contributed by atoms with Gasteiger partial charge >= 0.3 is 6.18 Å². The predicted molar refractivity (Wildman–Crippen MR) is 106 cm³/mol. The summed E-state index contributed by atoms with van der Waals surface area (Å²) in [6.07, 6.45) is -6.38. The van der Waals surface area contributed by atoms with Crippen LogP contribution in [-0.2, 0) is 9.53 Å². The quantitative estimate of drug-likeness (QED) is 0.769. The summed E-state index contributed by atoms with van der Waals surface area (Å²) in [5.74, 6) is -1.16. The Bertz CT molecular complexity index is 757. The van der Waals surface area contributed by atoms with E-state index in [4.69, 9.17) is 9.47 Å². The summed E-state index contributed by atoms with van der Waals surface area (Å²) in [5, 5.41) is 5.54. The molecule has 0 unspecified atom stereocenters. The summed E-state index contributed by atoms with van der Waals surface area (Å²) >= 11 is 0. The van der Waals surface area contributed by atoms with Crippen molar-refractivity contribution in [3.63, 3.8) is 0 Å². The number of ether oxygens (including phenoxy) is 2. The van der Waals surface area contributed by atoms with Gasteiger partial charge in [0.05, 0.1) is 11.7 Å². The highest BCUT2D eigenvalue weighted by atomic mass is 19.4. The first-order valence-corrected chi connectivity index (χ1v) is 9.65. The maximum Gasteiger partial charge on any atom is 0.397 e. The first-order chi connectivity index (χ1) is 14.0. The molecule has 1 aromatic carbocycles. The summed E-state index contributed by atoms with van der Waals surface area (Å²) in [4.78, 5) is 26.1. The highest BCUT2D eigenvalue weighted by Crippen LogP contribution is 2.27. The van der Waals surface area contributed by atoms with E-state index in [9.17, 15) is 22.8 Å². The third-order valence-corrected chi connectivity index (χ3v) is 4.87. The molecule has 0 aliphatic carbocycles. The highest BCUT2D eigenvalue weighted by Gasteiger charge is 2.31. The van der Waals surface area contributed by atoms with Gasteiger partial charge in [0.1, 0.15) is 18.8 Å². The van der Waals surface area contributed by atoms with E-state index >= 15 is 0 Å². The number of methoxy groups -OCH3 is 1. The van der Waals surface area contributed by atoms with Gasteiger partial charge in [-0.1, -0.05) is 6.92 Å². The third kappa shape index (κ3) is 6.88. The lowest BCUT2D eigenvalue weighted by molar-refractivity contribution is -0.150. The smallest absolute Gasteiger partial charge is 0.397 e. The molecule has 30 heavy (non-hydrogen) atoms. The van der Waals surface area contributed by atoms with E-state index in [-0.39, 0.29) is 47.6 Å². The lowest BCUT2D eigenvalue weighted by atomic mass is 10.0. The first kappa shape index (κ1) is 23.9. The number of carbonyl (C=O) groups is 2. The summed E-state index contributed by atoms with van der Waals surface area (Å²) in [6.45, 7) is 5.20. The Morgan fingerprint density at radius 1 is 1.37 bits per heavy atom. The van der Waals surface area contributed by atoms with Crippen LogP contribution in [0.15, 0.2) is 18.2 Å². The minimum atomic E-state index is -4.61. The average Bonchev–Trinajstić information content (AvgIpc) is 2.65. The van der Waals surface area contributed by atoms with E-state index in [0.29, 0.717) is 13.1 Å². The fraction of sp³-hybridized carbons (Fsp3) is 0.600. The van der Waals surface area contributed by atoms with Gasteiger partial charge in [0, 0.05) is 45.0 Å². The number of carbonyl (C=O) groups excluding carboxylic acids is 2. The van der Waals surface area contributed by atoms with Crippen molar-refractivity contribution >= 4 is 17.5 Å². The molecule has 0 radical (unpaired) electrons. The molecule has 0 spiro atoms. The van der Waals surface area contributed by atoms with Crippen LogP contribution in [-0.4, -0.2) is 68.9 Å². The zero-order valence-corrected chi connectivity index (χ0v) is 17.5. The van der Waals surface area contributed by atoms with Crippen LogP contribution in [0.3, 0.4) is 0 Å². The van der Waals surface area contributed by atoms with E-state index in [1.54, 1.807) is 14.2 Å². The van der Waals surface area contributed by atoms with E-state index < -0.39 is 18.5 Å². The summed E-state index contributed by atoms with van der Waals surface area (Å²) < 4.78 is 48.6. The van der Waals surface area contributed by atoms with E-state index in [1.807, 2.05) is 13.8 Å². The third-order valence-electron chi connectivity index (χ3n) is 4.87.